The number of aliphatic carboxylic acids is 2. The van der Waals surface area contributed by atoms with Crippen molar-refractivity contribution in [3.05, 3.63) is 0 Å². The number of carbonyl (C=O) groups is 11. The summed E-state index contributed by atoms with van der Waals surface area (Å²) in [6.07, 6.45) is 1.39. The van der Waals surface area contributed by atoms with Gasteiger partial charge in [-0.1, -0.05) is 20.3 Å². The number of hydrogen-bond donors (Lipinski definition) is 13. The number of urea groups is 1. The lowest BCUT2D eigenvalue weighted by molar-refractivity contribution is -0.141. The number of hydrogen-bond acceptors (Lipinski definition) is 13. The fraction of sp³-hybridized carbons (Fsp3) is 0.703. The number of nitrogens with one attached hydrogen (secondary N) is 9. The third-order valence-corrected chi connectivity index (χ3v) is 11.4. The number of nitrogens with two attached hydrogens (primary N) is 1. The highest BCUT2D eigenvalue weighted by Crippen LogP contribution is 2.33. The van der Waals surface area contributed by atoms with Crippen LogP contribution < -0.4 is 53.7 Å². The number of carboxylic acid groups (broad SMARTS) is 2. The average Bonchev–Trinajstić information content (AvgIpc) is 3.76. The van der Waals surface area contributed by atoms with Crippen molar-refractivity contribution in [2.75, 3.05) is 25.4 Å². The number of primary amides is 1. The second-order valence-electron chi connectivity index (χ2n) is 15.4. The Hall–Kier alpha value is -5.72. The van der Waals surface area contributed by atoms with E-state index in [1.54, 1.807) is 13.8 Å². The van der Waals surface area contributed by atoms with Gasteiger partial charge in [0.25, 0.3) is 0 Å². The van der Waals surface area contributed by atoms with Crippen molar-refractivity contribution < 1.29 is 68.2 Å². The summed E-state index contributed by atoms with van der Waals surface area (Å²) in [4.78, 5) is 134. The molecule has 25 heteroatoms. The Morgan fingerprint density at radius 3 is 2.05 bits per heavy atom. The van der Waals surface area contributed by atoms with E-state index in [9.17, 15) is 63.0 Å². The normalized spacial score (nSPS) is 18.3. The van der Waals surface area contributed by atoms with Crippen molar-refractivity contribution in [2.45, 2.75) is 126 Å². The Morgan fingerprint density at radius 1 is 0.710 bits per heavy atom. The summed E-state index contributed by atoms with van der Waals surface area (Å²) in [6.45, 7) is 2.41. The highest BCUT2D eigenvalue weighted by molar-refractivity contribution is 8.00. The zero-order chi connectivity index (χ0) is 46.4. The van der Waals surface area contributed by atoms with Crippen molar-refractivity contribution in [1.29, 1.82) is 0 Å². The number of amides is 10. The van der Waals surface area contributed by atoms with Crippen LogP contribution in [0.4, 0.5) is 4.79 Å². The molecule has 0 aromatic rings. The van der Waals surface area contributed by atoms with Crippen molar-refractivity contribution in [1.82, 2.24) is 48.0 Å². The summed E-state index contributed by atoms with van der Waals surface area (Å²) in [7, 11) is 0. The molecule has 1 unspecified atom stereocenters. The van der Waals surface area contributed by atoms with E-state index in [0.717, 1.165) is 18.6 Å². The predicted molar refractivity (Wildman–Crippen MR) is 218 cm³/mol. The topological polar surface area (TPSA) is 383 Å². The minimum Gasteiger partial charge on any atom is -0.481 e. The van der Waals surface area contributed by atoms with Gasteiger partial charge in [0.05, 0.1) is 31.6 Å². The highest BCUT2D eigenvalue weighted by atomic mass is 32.2. The quantitative estimate of drug-likeness (QED) is 0.0149. The molecule has 0 aromatic carbocycles. The minimum absolute atomic E-state index is 0.115. The maximum absolute atomic E-state index is 13.2. The summed E-state index contributed by atoms with van der Waals surface area (Å²) < 4.78 is 0. The molecule has 2 rings (SSSR count). The van der Waals surface area contributed by atoms with Crippen LogP contribution in [0.1, 0.15) is 90.9 Å². The van der Waals surface area contributed by atoms with Gasteiger partial charge in [-0.15, -0.1) is 0 Å². The summed E-state index contributed by atoms with van der Waals surface area (Å²) in [5.74, 6) is -9.85. The number of carboxylic acids is 2. The molecular formula is C37H60N10O14S. The Labute approximate surface area is 361 Å². The number of thioether (sulfide) groups is 1. The van der Waals surface area contributed by atoms with E-state index in [1.165, 1.54) is 5.48 Å². The zero-order valence-electron chi connectivity index (χ0n) is 34.8. The summed E-state index contributed by atoms with van der Waals surface area (Å²) in [5, 5.41) is 47.6. The lowest BCUT2D eigenvalue weighted by atomic mass is 9.92. The number of rotatable bonds is 30. The summed E-state index contributed by atoms with van der Waals surface area (Å²) in [6, 6.07) is -4.37. The molecule has 7 atom stereocenters. The second kappa shape index (κ2) is 27.3. The number of carbonyl (C=O) groups excluding carboxylic acids is 9. The molecule has 0 saturated carbocycles. The molecule has 2 fully saturated rings. The lowest BCUT2D eigenvalue weighted by Gasteiger charge is -2.24. The van der Waals surface area contributed by atoms with Crippen molar-refractivity contribution in [3.8, 4) is 0 Å². The number of fused-ring (bicyclic) bond motifs is 1. The maximum Gasteiger partial charge on any atom is 0.315 e. The monoisotopic (exact) mass is 900 g/mol. The Morgan fingerprint density at radius 2 is 1.40 bits per heavy atom. The fourth-order valence-corrected chi connectivity index (χ4v) is 8.27. The van der Waals surface area contributed by atoms with E-state index < -0.39 is 116 Å². The summed E-state index contributed by atoms with van der Waals surface area (Å²) >= 11 is 1.81. The Kier molecular flexibility index (Phi) is 23.1. The van der Waals surface area contributed by atoms with Gasteiger partial charge in [-0.25, -0.2) is 10.3 Å². The van der Waals surface area contributed by atoms with Gasteiger partial charge in [-0.3, -0.25) is 53.2 Å². The van der Waals surface area contributed by atoms with Crippen LogP contribution in [0.15, 0.2) is 0 Å². The first-order chi connectivity index (χ1) is 29.3. The van der Waals surface area contributed by atoms with Gasteiger partial charge in [0, 0.05) is 42.7 Å². The van der Waals surface area contributed by atoms with Gasteiger partial charge < -0.3 is 58.5 Å². The predicted octanol–water partition coefficient (Wildman–Crippen LogP) is -2.93. The first-order valence-corrected chi connectivity index (χ1v) is 21.4. The van der Waals surface area contributed by atoms with Gasteiger partial charge in [-0.2, -0.15) is 11.8 Å². The third kappa shape index (κ3) is 20.2. The third-order valence-electron chi connectivity index (χ3n) is 9.85. The smallest absolute Gasteiger partial charge is 0.315 e. The van der Waals surface area contributed by atoms with Crippen molar-refractivity contribution in [3.63, 3.8) is 0 Å². The van der Waals surface area contributed by atoms with Crippen LogP contribution in [0.2, 0.25) is 0 Å². The fourth-order valence-electron chi connectivity index (χ4n) is 6.73. The van der Waals surface area contributed by atoms with E-state index >= 15 is 0 Å². The average molecular weight is 901 g/mol. The molecule has 24 nitrogen and oxygen atoms in total. The molecule has 2 saturated heterocycles. The van der Waals surface area contributed by atoms with Gasteiger partial charge in [0.2, 0.25) is 47.3 Å². The maximum atomic E-state index is 13.2. The lowest BCUT2D eigenvalue weighted by Crippen LogP contribution is -2.56. The largest absolute Gasteiger partial charge is 0.481 e. The van der Waals surface area contributed by atoms with Gasteiger partial charge in [-0.05, 0) is 50.9 Å². The molecule has 2 aliphatic heterocycles. The first kappa shape index (κ1) is 52.4. The van der Waals surface area contributed by atoms with E-state index in [4.69, 9.17) is 10.9 Å². The van der Waals surface area contributed by atoms with E-state index in [-0.39, 0.29) is 42.8 Å². The molecule has 62 heavy (non-hydrogen) atoms. The molecular weight excluding hydrogens is 841 g/mol. The molecule has 0 radical (unpaired) electrons. The van der Waals surface area contributed by atoms with Crippen LogP contribution in [-0.4, -0.2) is 141 Å². The van der Waals surface area contributed by atoms with Crippen molar-refractivity contribution in [2.24, 2.45) is 17.6 Å². The molecule has 0 bridgehead atoms. The first-order valence-electron chi connectivity index (χ1n) is 20.3. The van der Waals surface area contributed by atoms with Crippen LogP contribution in [0.25, 0.3) is 0 Å². The zero-order valence-corrected chi connectivity index (χ0v) is 35.6. The molecule has 14 N–H and O–H groups in total. The molecule has 348 valence electrons. The molecule has 0 spiro atoms. The summed E-state index contributed by atoms with van der Waals surface area (Å²) in [5.41, 5.74) is 6.84. The van der Waals surface area contributed by atoms with E-state index in [2.05, 4.69) is 42.5 Å². The highest BCUT2D eigenvalue weighted by Gasteiger charge is 2.42. The van der Waals surface area contributed by atoms with Crippen LogP contribution >= 0.6 is 11.8 Å². The SMILES string of the molecule is CC(C)CC(CC(=O)NO)C(=O)N[C@@H](CCC(=O)O)C(=O)N[C@@H](CC(=O)O)C(=O)NCC(=O)NCC(=O)N[C@@H](CCCCNC(=O)CCCC[C@@H]1SC[C@@H]2NC(=O)N[C@@H]21)C(N)=O. The van der Waals surface area contributed by atoms with Gasteiger partial charge in [0.15, 0.2) is 0 Å². The molecule has 0 aromatic heterocycles. The van der Waals surface area contributed by atoms with E-state index in [1.807, 2.05) is 11.8 Å². The van der Waals surface area contributed by atoms with Crippen LogP contribution in [0.5, 0.6) is 0 Å². The molecule has 10 amide bonds. The second-order valence-corrected chi connectivity index (χ2v) is 16.7. The van der Waals surface area contributed by atoms with Crippen LogP contribution in [0, 0.1) is 11.8 Å². The number of hydroxylamine groups is 1. The van der Waals surface area contributed by atoms with Gasteiger partial charge in [0.1, 0.15) is 18.1 Å². The Bertz CT molecular complexity index is 1630. The molecule has 0 aliphatic carbocycles. The van der Waals surface area contributed by atoms with Crippen LogP contribution in [0.3, 0.4) is 0 Å². The standard InChI is InChI=1S/C37H60N10O14S/c1-19(2)13-20(14-27(49)47-61)34(57)43-22(10-11-30(52)53)36(59)44-23(15-31(54)55)35(58)41-16-28(50)40-17-29(51)42-21(33(38)56)7-5-6-12-39-26(48)9-4-3-8-25-32-24(18-62-25)45-37(60)46-32/h19-25,32,61H,3-18H2,1-2H3,(H2,38,56)(H,39,48)(H,40,50)(H,41,58)(H,42,51)(H,43,57)(H,44,59)(H,47,49)(H,52,53)(H,54,55)(H2,45,46,60)/t20?,21-,22-,23-,24-,25-,32-/m0/s1. The minimum atomic E-state index is -1.81. The van der Waals surface area contributed by atoms with Crippen LogP contribution in [-0.2, 0) is 47.9 Å². The van der Waals surface area contributed by atoms with Crippen molar-refractivity contribution >= 4 is 77.0 Å². The number of unbranched alkanes of at least 4 members (excludes halogenated alkanes) is 2. The molecule has 2 aliphatic rings. The van der Waals surface area contributed by atoms with Gasteiger partial charge >= 0.3 is 18.0 Å². The molecule has 2 heterocycles. The Balaban J connectivity index is 1.77. The van der Waals surface area contributed by atoms with E-state index in [0.29, 0.717) is 37.5 Å².